The number of likely N-dealkylation sites (tertiary alicyclic amines) is 1. The van der Waals surface area contributed by atoms with E-state index in [1.807, 2.05) is 0 Å². The van der Waals surface area contributed by atoms with Gasteiger partial charge < -0.3 is 10.1 Å². The summed E-state index contributed by atoms with van der Waals surface area (Å²) < 4.78 is 6.03. The highest BCUT2D eigenvalue weighted by atomic mass is 16.5. The Hall–Kier alpha value is -0.120. The first kappa shape index (κ1) is 17.2. The van der Waals surface area contributed by atoms with Gasteiger partial charge >= 0.3 is 0 Å². The van der Waals surface area contributed by atoms with Crippen molar-refractivity contribution < 1.29 is 4.74 Å². The van der Waals surface area contributed by atoms with Gasteiger partial charge in [-0.25, -0.2) is 0 Å². The van der Waals surface area contributed by atoms with Gasteiger partial charge in [-0.1, -0.05) is 26.7 Å². The normalized spacial score (nSPS) is 35.0. The van der Waals surface area contributed by atoms with Crippen molar-refractivity contribution in [2.75, 3.05) is 26.7 Å². The molecule has 0 bridgehead atoms. The van der Waals surface area contributed by atoms with Crippen molar-refractivity contribution in [3.8, 4) is 0 Å². The molecule has 0 aromatic rings. The molecule has 4 atom stereocenters. The highest BCUT2D eigenvalue weighted by Crippen LogP contribution is 2.32. The summed E-state index contributed by atoms with van der Waals surface area (Å²) in [5, 5.41) is 3.59. The highest BCUT2D eigenvalue weighted by Gasteiger charge is 2.35. The SMILES string of the molecule is CCCOC1CCCN(C2CC(CCC)CCC2NC)C1. The zero-order chi connectivity index (χ0) is 15.1. The molecule has 1 heterocycles. The van der Waals surface area contributed by atoms with Gasteiger partial charge in [-0.2, -0.15) is 0 Å². The molecule has 1 saturated heterocycles. The second-order valence-electron chi connectivity index (χ2n) is 7.06. The molecule has 21 heavy (non-hydrogen) atoms. The van der Waals surface area contributed by atoms with Crippen LogP contribution in [0.4, 0.5) is 0 Å². The van der Waals surface area contributed by atoms with Gasteiger partial charge in [-0.05, 0) is 58.0 Å². The molecule has 1 aliphatic carbocycles. The Morgan fingerprint density at radius 3 is 2.71 bits per heavy atom. The Morgan fingerprint density at radius 1 is 1.14 bits per heavy atom. The van der Waals surface area contributed by atoms with E-state index in [-0.39, 0.29) is 0 Å². The minimum Gasteiger partial charge on any atom is -0.377 e. The minimum absolute atomic E-state index is 0.475. The Morgan fingerprint density at radius 2 is 2.00 bits per heavy atom. The average Bonchev–Trinajstić information content (AvgIpc) is 2.53. The van der Waals surface area contributed by atoms with Crippen LogP contribution in [-0.4, -0.2) is 49.8 Å². The number of nitrogens with zero attached hydrogens (tertiary/aromatic N) is 1. The summed E-state index contributed by atoms with van der Waals surface area (Å²) in [6.07, 6.45) is 11.1. The maximum absolute atomic E-state index is 6.03. The summed E-state index contributed by atoms with van der Waals surface area (Å²) in [5.74, 6) is 0.946. The Kier molecular flexibility index (Phi) is 7.48. The molecule has 2 fully saturated rings. The number of piperidine rings is 1. The topological polar surface area (TPSA) is 24.5 Å². The predicted octanol–water partition coefficient (Wildman–Crippen LogP) is 3.43. The summed E-state index contributed by atoms with van der Waals surface area (Å²) in [4.78, 5) is 2.74. The third-order valence-corrected chi connectivity index (χ3v) is 5.43. The molecule has 2 aliphatic rings. The van der Waals surface area contributed by atoms with Gasteiger partial charge in [-0.15, -0.1) is 0 Å². The lowest BCUT2D eigenvalue weighted by Gasteiger charge is -2.45. The van der Waals surface area contributed by atoms with Crippen molar-refractivity contribution in [3.05, 3.63) is 0 Å². The van der Waals surface area contributed by atoms with Gasteiger partial charge in [0.25, 0.3) is 0 Å². The summed E-state index contributed by atoms with van der Waals surface area (Å²) in [7, 11) is 2.15. The van der Waals surface area contributed by atoms with Crippen LogP contribution in [0.25, 0.3) is 0 Å². The number of rotatable bonds is 7. The number of hydrogen-bond donors (Lipinski definition) is 1. The number of nitrogens with one attached hydrogen (secondary N) is 1. The number of ether oxygens (including phenoxy) is 1. The van der Waals surface area contributed by atoms with Gasteiger partial charge in [0.15, 0.2) is 0 Å². The molecule has 0 aromatic heterocycles. The molecule has 3 nitrogen and oxygen atoms in total. The van der Waals surface area contributed by atoms with Crippen molar-refractivity contribution in [2.45, 2.75) is 83.4 Å². The number of likely N-dealkylation sites (N-methyl/N-ethyl adjacent to an activating group) is 1. The van der Waals surface area contributed by atoms with Crippen LogP contribution in [0.2, 0.25) is 0 Å². The van der Waals surface area contributed by atoms with Crippen LogP contribution in [0.3, 0.4) is 0 Å². The van der Waals surface area contributed by atoms with Crippen LogP contribution < -0.4 is 5.32 Å². The summed E-state index contributed by atoms with van der Waals surface area (Å²) in [6, 6.07) is 1.41. The van der Waals surface area contributed by atoms with E-state index in [0.717, 1.165) is 31.5 Å². The fourth-order valence-electron chi connectivity index (χ4n) is 4.33. The van der Waals surface area contributed by atoms with E-state index < -0.39 is 0 Å². The fourth-order valence-corrected chi connectivity index (χ4v) is 4.33. The third-order valence-electron chi connectivity index (χ3n) is 5.43. The fraction of sp³-hybridized carbons (Fsp3) is 1.00. The molecule has 1 saturated carbocycles. The van der Waals surface area contributed by atoms with Gasteiger partial charge in [-0.3, -0.25) is 4.90 Å². The maximum atomic E-state index is 6.03. The lowest BCUT2D eigenvalue weighted by molar-refractivity contribution is -0.0264. The maximum Gasteiger partial charge on any atom is 0.0702 e. The molecule has 1 N–H and O–H groups in total. The van der Waals surface area contributed by atoms with Crippen LogP contribution in [0, 0.1) is 5.92 Å². The van der Waals surface area contributed by atoms with Crippen LogP contribution in [0.5, 0.6) is 0 Å². The highest BCUT2D eigenvalue weighted by molar-refractivity contribution is 4.92. The van der Waals surface area contributed by atoms with E-state index in [0.29, 0.717) is 12.1 Å². The Bertz CT molecular complexity index is 284. The third kappa shape index (κ3) is 4.94. The molecular formula is C18H36N2O. The van der Waals surface area contributed by atoms with Gasteiger partial charge in [0.1, 0.15) is 0 Å². The molecule has 0 aromatic carbocycles. The standard InChI is InChI=1S/C18H36N2O/c1-4-7-15-9-10-17(19-3)18(13-15)20-11-6-8-16(14-20)21-12-5-2/h15-19H,4-14H2,1-3H3. The van der Waals surface area contributed by atoms with E-state index in [1.165, 1.54) is 51.5 Å². The zero-order valence-electron chi connectivity index (χ0n) is 14.4. The summed E-state index contributed by atoms with van der Waals surface area (Å²) >= 11 is 0. The lowest BCUT2D eigenvalue weighted by atomic mass is 9.79. The first-order valence-corrected chi connectivity index (χ1v) is 9.31. The minimum atomic E-state index is 0.475. The van der Waals surface area contributed by atoms with Crippen molar-refractivity contribution in [3.63, 3.8) is 0 Å². The molecule has 0 amide bonds. The summed E-state index contributed by atoms with van der Waals surface area (Å²) in [6.45, 7) is 7.88. The monoisotopic (exact) mass is 296 g/mol. The predicted molar refractivity (Wildman–Crippen MR) is 89.7 cm³/mol. The van der Waals surface area contributed by atoms with Crippen molar-refractivity contribution in [1.82, 2.24) is 10.2 Å². The Labute approximate surface area is 131 Å². The van der Waals surface area contributed by atoms with Crippen LogP contribution in [0.1, 0.15) is 65.2 Å². The van der Waals surface area contributed by atoms with Gasteiger partial charge in [0.2, 0.25) is 0 Å². The second kappa shape index (κ2) is 9.12. The van der Waals surface area contributed by atoms with E-state index in [9.17, 15) is 0 Å². The smallest absolute Gasteiger partial charge is 0.0702 e. The zero-order valence-corrected chi connectivity index (χ0v) is 14.4. The van der Waals surface area contributed by atoms with Crippen LogP contribution in [-0.2, 0) is 4.74 Å². The van der Waals surface area contributed by atoms with E-state index >= 15 is 0 Å². The molecule has 0 radical (unpaired) electrons. The molecule has 124 valence electrons. The molecule has 2 rings (SSSR count). The van der Waals surface area contributed by atoms with Gasteiger partial charge in [0, 0.05) is 25.2 Å². The van der Waals surface area contributed by atoms with Crippen molar-refractivity contribution in [1.29, 1.82) is 0 Å². The van der Waals surface area contributed by atoms with Crippen LogP contribution >= 0.6 is 0 Å². The lowest BCUT2D eigenvalue weighted by Crippen LogP contribution is -2.56. The van der Waals surface area contributed by atoms with Gasteiger partial charge in [0.05, 0.1) is 6.10 Å². The first-order chi connectivity index (χ1) is 10.3. The molecule has 1 aliphatic heterocycles. The first-order valence-electron chi connectivity index (χ1n) is 9.31. The largest absolute Gasteiger partial charge is 0.377 e. The molecular weight excluding hydrogens is 260 g/mol. The molecule has 4 unspecified atom stereocenters. The summed E-state index contributed by atoms with van der Waals surface area (Å²) in [5.41, 5.74) is 0. The average molecular weight is 296 g/mol. The Balaban J connectivity index is 1.92. The molecule has 3 heteroatoms. The van der Waals surface area contributed by atoms with E-state index in [4.69, 9.17) is 4.74 Å². The van der Waals surface area contributed by atoms with E-state index in [1.54, 1.807) is 0 Å². The van der Waals surface area contributed by atoms with E-state index in [2.05, 4.69) is 31.1 Å². The second-order valence-corrected chi connectivity index (χ2v) is 7.06. The van der Waals surface area contributed by atoms with Crippen molar-refractivity contribution in [2.24, 2.45) is 5.92 Å². The molecule has 0 spiro atoms. The van der Waals surface area contributed by atoms with Crippen LogP contribution in [0.15, 0.2) is 0 Å². The number of hydrogen-bond acceptors (Lipinski definition) is 3. The quantitative estimate of drug-likeness (QED) is 0.779. The van der Waals surface area contributed by atoms with Crippen molar-refractivity contribution >= 4 is 0 Å².